The van der Waals surface area contributed by atoms with Crippen LogP contribution < -0.4 is 0 Å². The van der Waals surface area contributed by atoms with Gasteiger partial charge in [-0.2, -0.15) is 0 Å². The van der Waals surface area contributed by atoms with Crippen molar-refractivity contribution in [2.45, 2.75) is 60.3 Å². The number of nitrogens with zero attached hydrogens (tertiary/aromatic N) is 2. The maximum Gasteiger partial charge on any atom is 0.0630 e. The Labute approximate surface area is 170 Å². The molecule has 0 bridgehead atoms. The van der Waals surface area contributed by atoms with Gasteiger partial charge in [0.05, 0.1) is 11.4 Å². The van der Waals surface area contributed by atoms with Crippen molar-refractivity contribution in [2.24, 2.45) is 4.99 Å². The zero-order valence-corrected chi connectivity index (χ0v) is 18.3. The van der Waals surface area contributed by atoms with Gasteiger partial charge in [-0.15, -0.1) is 0 Å². The van der Waals surface area contributed by atoms with E-state index in [-0.39, 0.29) is 5.41 Å². The summed E-state index contributed by atoms with van der Waals surface area (Å²) in [4.78, 5) is 4.74. The van der Waals surface area contributed by atoms with Gasteiger partial charge >= 0.3 is 0 Å². The van der Waals surface area contributed by atoms with Gasteiger partial charge in [0.2, 0.25) is 0 Å². The van der Waals surface area contributed by atoms with Crippen molar-refractivity contribution < 1.29 is 0 Å². The minimum absolute atomic E-state index is 0.164. The summed E-state index contributed by atoms with van der Waals surface area (Å²) in [6.45, 7) is 15.5. The molecule has 0 saturated carbocycles. The first-order valence-electron chi connectivity index (χ1n) is 10.1. The summed E-state index contributed by atoms with van der Waals surface area (Å²) < 4.78 is 2.37. The third-order valence-corrected chi connectivity index (χ3v) is 5.48. The monoisotopic (exact) mass is 372 g/mol. The Morgan fingerprint density at radius 1 is 0.964 bits per heavy atom. The van der Waals surface area contributed by atoms with Crippen molar-refractivity contribution in [1.82, 2.24) is 4.57 Å². The highest BCUT2D eigenvalue weighted by atomic mass is 15.0. The zero-order chi connectivity index (χ0) is 20.5. The van der Waals surface area contributed by atoms with Crippen LogP contribution in [0.3, 0.4) is 0 Å². The van der Waals surface area contributed by atoms with Crippen LogP contribution in [-0.4, -0.2) is 10.8 Å². The van der Waals surface area contributed by atoms with Gasteiger partial charge in [-0.3, -0.25) is 4.99 Å². The predicted molar refractivity (Wildman–Crippen MR) is 122 cm³/mol. The second-order valence-electron chi connectivity index (χ2n) is 8.65. The van der Waals surface area contributed by atoms with Crippen molar-refractivity contribution in [3.05, 3.63) is 82.2 Å². The molecular weight excluding hydrogens is 340 g/mol. The Morgan fingerprint density at radius 2 is 1.64 bits per heavy atom. The van der Waals surface area contributed by atoms with E-state index in [2.05, 4.69) is 102 Å². The number of hydrogen-bond donors (Lipinski definition) is 0. The molecule has 3 aromatic rings. The first-order valence-corrected chi connectivity index (χ1v) is 10.1. The number of para-hydroxylation sites is 1. The molecule has 0 N–H and O–H groups in total. The summed E-state index contributed by atoms with van der Waals surface area (Å²) in [7, 11) is 0. The molecule has 0 radical (unpaired) electrons. The molecule has 146 valence electrons. The zero-order valence-electron chi connectivity index (χ0n) is 18.3. The molecule has 0 aliphatic rings. The number of aliphatic imine (C=N–C) groups is 1. The molecule has 0 atom stereocenters. The van der Waals surface area contributed by atoms with Crippen molar-refractivity contribution in [3.63, 3.8) is 0 Å². The van der Waals surface area contributed by atoms with E-state index in [4.69, 9.17) is 4.99 Å². The topological polar surface area (TPSA) is 17.3 Å². The summed E-state index contributed by atoms with van der Waals surface area (Å²) in [6, 6.07) is 17.4. The average Bonchev–Trinajstić information content (AvgIpc) is 2.93. The van der Waals surface area contributed by atoms with Gasteiger partial charge in [-0.25, -0.2) is 0 Å². The van der Waals surface area contributed by atoms with Crippen LogP contribution in [0.4, 0.5) is 5.69 Å². The summed E-state index contributed by atoms with van der Waals surface area (Å²) >= 11 is 0. The Morgan fingerprint density at radius 3 is 2.25 bits per heavy atom. The van der Waals surface area contributed by atoms with Crippen LogP contribution >= 0.6 is 0 Å². The molecule has 0 spiro atoms. The van der Waals surface area contributed by atoms with Crippen LogP contribution in [0, 0.1) is 20.8 Å². The first kappa shape index (κ1) is 20.1. The minimum Gasteiger partial charge on any atom is -0.317 e. The molecule has 3 rings (SSSR count). The summed E-state index contributed by atoms with van der Waals surface area (Å²) in [5.74, 6) is 0. The van der Waals surface area contributed by atoms with Crippen LogP contribution in [0.5, 0.6) is 0 Å². The first-order chi connectivity index (χ1) is 13.2. The maximum atomic E-state index is 4.74. The molecule has 28 heavy (non-hydrogen) atoms. The van der Waals surface area contributed by atoms with Crippen molar-refractivity contribution in [1.29, 1.82) is 0 Å². The molecule has 0 aliphatic carbocycles. The van der Waals surface area contributed by atoms with Crippen molar-refractivity contribution in [2.75, 3.05) is 0 Å². The lowest BCUT2D eigenvalue weighted by Crippen LogP contribution is -2.10. The van der Waals surface area contributed by atoms with Crippen LogP contribution in [-0.2, 0) is 11.8 Å². The third-order valence-electron chi connectivity index (χ3n) is 5.48. The molecule has 2 nitrogen and oxygen atoms in total. The van der Waals surface area contributed by atoms with E-state index in [0.717, 1.165) is 12.1 Å². The van der Waals surface area contributed by atoms with Gasteiger partial charge < -0.3 is 4.57 Å². The largest absolute Gasteiger partial charge is 0.317 e. The highest BCUT2D eigenvalue weighted by Crippen LogP contribution is 2.27. The quantitative estimate of drug-likeness (QED) is 0.438. The van der Waals surface area contributed by atoms with Crippen LogP contribution in [0.25, 0.3) is 5.69 Å². The standard InChI is InChI=1S/C26H32N2/c1-8-21-11-9-10-18(2)25(21)28-19(3)16-22(20(28)4)17-27-24-14-12-23(13-15-24)26(5,6)7/h9-17H,8H2,1-7H3. The number of aryl methyl sites for hydroxylation is 3. The van der Waals surface area contributed by atoms with Gasteiger partial charge in [-0.05, 0) is 67.5 Å². The second kappa shape index (κ2) is 7.79. The molecule has 0 unspecified atom stereocenters. The SMILES string of the molecule is CCc1cccc(C)c1-n1c(C)cc(C=Nc2ccc(C(C)(C)C)cc2)c1C. The van der Waals surface area contributed by atoms with Gasteiger partial charge in [0, 0.05) is 23.2 Å². The molecule has 0 saturated heterocycles. The lowest BCUT2D eigenvalue weighted by molar-refractivity contribution is 0.590. The van der Waals surface area contributed by atoms with Crippen LogP contribution in [0.1, 0.15) is 61.3 Å². The molecular formula is C26H32N2. The van der Waals surface area contributed by atoms with E-state index >= 15 is 0 Å². The van der Waals surface area contributed by atoms with Gasteiger partial charge in [0.15, 0.2) is 0 Å². The number of aromatic nitrogens is 1. The van der Waals surface area contributed by atoms with E-state index in [9.17, 15) is 0 Å². The fourth-order valence-corrected chi connectivity index (χ4v) is 3.78. The highest BCUT2D eigenvalue weighted by molar-refractivity contribution is 5.84. The maximum absolute atomic E-state index is 4.74. The second-order valence-corrected chi connectivity index (χ2v) is 8.65. The lowest BCUT2D eigenvalue weighted by Gasteiger charge is -2.18. The number of hydrogen-bond acceptors (Lipinski definition) is 1. The highest BCUT2D eigenvalue weighted by Gasteiger charge is 2.15. The molecule has 2 heteroatoms. The fraction of sp³-hybridized carbons (Fsp3) is 0.346. The Balaban J connectivity index is 1.96. The molecule has 2 aromatic carbocycles. The molecule has 0 amide bonds. The molecule has 1 heterocycles. The molecule has 0 fully saturated rings. The summed E-state index contributed by atoms with van der Waals surface area (Å²) in [5.41, 5.74) is 10.1. The van der Waals surface area contributed by atoms with Gasteiger partial charge in [0.1, 0.15) is 0 Å². The Bertz CT molecular complexity index is 996. The Kier molecular flexibility index (Phi) is 5.60. The average molecular weight is 373 g/mol. The number of rotatable bonds is 4. The number of benzene rings is 2. The van der Waals surface area contributed by atoms with Crippen molar-refractivity contribution in [3.8, 4) is 5.69 Å². The van der Waals surface area contributed by atoms with Crippen LogP contribution in [0.2, 0.25) is 0 Å². The van der Waals surface area contributed by atoms with Gasteiger partial charge in [0.25, 0.3) is 0 Å². The van der Waals surface area contributed by atoms with E-state index in [0.29, 0.717) is 0 Å². The fourth-order valence-electron chi connectivity index (χ4n) is 3.78. The predicted octanol–water partition coefficient (Wildman–Crippen LogP) is 7.01. The molecule has 1 aromatic heterocycles. The van der Waals surface area contributed by atoms with E-state index in [1.54, 1.807) is 0 Å². The Hall–Kier alpha value is -2.61. The van der Waals surface area contributed by atoms with E-state index in [1.165, 1.54) is 39.3 Å². The van der Waals surface area contributed by atoms with Crippen molar-refractivity contribution >= 4 is 11.9 Å². The normalized spacial score (nSPS) is 12.1. The minimum atomic E-state index is 0.164. The summed E-state index contributed by atoms with van der Waals surface area (Å²) in [6.07, 6.45) is 3.02. The lowest BCUT2D eigenvalue weighted by atomic mass is 9.87. The van der Waals surface area contributed by atoms with Crippen LogP contribution in [0.15, 0.2) is 53.5 Å². The van der Waals surface area contributed by atoms with E-state index in [1.807, 2.05) is 6.21 Å². The summed E-state index contributed by atoms with van der Waals surface area (Å²) in [5, 5.41) is 0. The molecule has 0 aliphatic heterocycles. The van der Waals surface area contributed by atoms with Gasteiger partial charge in [-0.1, -0.05) is 58.0 Å². The third kappa shape index (κ3) is 3.96. The van der Waals surface area contributed by atoms with E-state index < -0.39 is 0 Å². The smallest absolute Gasteiger partial charge is 0.0630 e.